The highest BCUT2D eigenvalue weighted by molar-refractivity contribution is 5.92. The normalized spacial score (nSPS) is 17.9. The Bertz CT molecular complexity index is 520. The first-order valence-electron chi connectivity index (χ1n) is 7.10. The maximum Gasteiger partial charge on any atom is 0.326 e. The molecule has 20 heavy (non-hydrogen) atoms. The molecule has 1 aliphatic carbocycles. The molecule has 108 valence electrons. The van der Waals surface area contributed by atoms with E-state index in [0.717, 1.165) is 30.4 Å². The van der Waals surface area contributed by atoms with E-state index in [1.165, 1.54) is 0 Å². The maximum absolute atomic E-state index is 12.6. The number of rotatable bonds is 5. The number of hydrogen-bond donors (Lipinski definition) is 2. The molecule has 0 heterocycles. The van der Waals surface area contributed by atoms with E-state index in [1.54, 1.807) is 6.92 Å². The van der Waals surface area contributed by atoms with Crippen LogP contribution in [0.2, 0.25) is 0 Å². The standard InChI is InChI=1S/C16H21NO3/c1-3-13(14(18)19)17-15(20)16(8-5-9-16)12-7-4-6-11(2)10-12/h4,6-7,10,13H,3,5,8-9H2,1-2H3,(H,17,20)(H,18,19)/t13-/m0/s1. The van der Waals surface area contributed by atoms with Crippen LogP contribution in [-0.4, -0.2) is 23.0 Å². The first-order valence-corrected chi connectivity index (χ1v) is 7.10. The van der Waals surface area contributed by atoms with E-state index in [1.807, 2.05) is 31.2 Å². The van der Waals surface area contributed by atoms with Crippen LogP contribution in [0.25, 0.3) is 0 Å². The summed E-state index contributed by atoms with van der Waals surface area (Å²) in [6.07, 6.45) is 2.98. The molecule has 0 radical (unpaired) electrons. The van der Waals surface area contributed by atoms with Crippen LogP contribution in [0.5, 0.6) is 0 Å². The molecule has 1 aromatic carbocycles. The van der Waals surface area contributed by atoms with Crippen LogP contribution in [-0.2, 0) is 15.0 Å². The zero-order valence-corrected chi connectivity index (χ0v) is 12.0. The van der Waals surface area contributed by atoms with Gasteiger partial charge in [0.25, 0.3) is 0 Å². The monoisotopic (exact) mass is 275 g/mol. The fraction of sp³-hybridized carbons (Fsp3) is 0.500. The number of amides is 1. The van der Waals surface area contributed by atoms with Crippen LogP contribution >= 0.6 is 0 Å². The van der Waals surface area contributed by atoms with Crippen LogP contribution in [0.15, 0.2) is 24.3 Å². The molecule has 1 atom stereocenters. The van der Waals surface area contributed by atoms with Gasteiger partial charge in [-0.1, -0.05) is 43.2 Å². The highest BCUT2D eigenvalue weighted by Gasteiger charge is 2.46. The molecule has 0 bridgehead atoms. The molecule has 0 unspecified atom stereocenters. The predicted octanol–water partition coefficient (Wildman–Crippen LogP) is 2.40. The third-order valence-electron chi connectivity index (χ3n) is 4.22. The average Bonchev–Trinajstić information content (AvgIpc) is 2.34. The number of carbonyl (C=O) groups excluding carboxylic acids is 1. The minimum Gasteiger partial charge on any atom is -0.480 e. The van der Waals surface area contributed by atoms with Gasteiger partial charge in [0.1, 0.15) is 6.04 Å². The van der Waals surface area contributed by atoms with E-state index in [0.29, 0.717) is 6.42 Å². The number of aliphatic carboxylic acids is 1. The molecule has 2 N–H and O–H groups in total. The van der Waals surface area contributed by atoms with Crippen LogP contribution in [0, 0.1) is 6.92 Å². The Labute approximate surface area is 119 Å². The minimum absolute atomic E-state index is 0.149. The van der Waals surface area contributed by atoms with Crippen molar-refractivity contribution in [3.63, 3.8) is 0 Å². The summed E-state index contributed by atoms with van der Waals surface area (Å²) in [5.74, 6) is -1.12. The van der Waals surface area contributed by atoms with Crippen molar-refractivity contribution in [1.82, 2.24) is 5.32 Å². The van der Waals surface area contributed by atoms with Gasteiger partial charge in [-0.3, -0.25) is 4.79 Å². The Balaban J connectivity index is 2.23. The maximum atomic E-state index is 12.6. The number of carbonyl (C=O) groups is 2. The second-order valence-corrected chi connectivity index (χ2v) is 5.58. The van der Waals surface area contributed by atoms with Gasteiger partial charge in [-0.2, -0.15) is 0 Å². The second-order valence-electron chi connectivity index (χ2n) is 5.58. The summed E-state index contributed by atoms with van der Waals surface area (Å²) in [5, 5.41) is 11.8. The van der Waals surface area contributed by atoms with Crippen molar-refractivity contribution in [1.29, 1.82) is 0 Å². The quantitative estimate of drug-likeness (QED) is 0.867. The first kappa shape index (κ1) is 14.6. The van der Waals surface area contributed by atoms with Crippen LogP contribution in [0.3, 0.4) is 0 Å². The Morgan fingerprint density at radius 2 is 2.10 bits per heavy atom. The molecular weight excluding hydrogens is 254 g/mol. The fourth-order valence-corrected chi connectivity index (χ4v) is 2.75. The largest absolute Gasteiger partial charge is 0.480 e. The molecule has 2 rings (SSSR count). The average molecular weight is 275 g/mol. The Morgan fingerprint density at radius 1 is 1.40 bits per heavy atom. The number of carboxylic acids is 1. The molecule has 0 spiro atoms. The molecule has 1 fully saturated rings. The van der Waals surface area contributed by atoms with Gasteiger partial charge in [0.05, 0.1) is 5.41 Å². The molecule has 1 aliphatic rings. The summed E-state index contributed by atoms with van der Waals surface area (Å²) < 4.78 is 0. The highest BCUT2D eigenvalue weighted by Crippen LogP contribution is 2.44. The summed E-state index contributed by atoms with van der Waals surface area (Å²) in [6.45, 7) is 3.76. The van der Waals surface area contributed by atoms with E-state index in [2.05, 4.69) is 5.32 Å². The molecule has 1 amide bonds. The molecule has 4 heteroatoms. The Kier molecular flexibility index (Phi) is 4.12. The Hall–Kier alpha value is -1.84. The predicted molar refractivity (Wildman–Crippen MR) is 76.6 cm³/mol. The van der Waals surface area contributed by atoms with Crippen molar-refractivity contribution >= 4 is 11.9 Å². The van der Waals surface area contributed by atoms with Crippen LogP contribution in [0.1, 0.15) is 43.7 Å². The lowest BCUT2D eigenvalue weighted by Crippen LogP contribution is -2.53. The summed E-state index contributed by atoms with van der Waals surface area (Å²) >= 11 is 0. The van der Waals surface area contributed by atoms with Gasteiger partial charge in [0.15, 0.2) is 0 Å². The molecule has 4 nitrogen and oxygen atoms in total. The van der Waals surface area contributed by atoms with Gasteiger partial charge in [0, 0.05) is 0 Å². The van der Waals surface area contributed by atoms with E-state index < -0.39 is 17.4 Å². The van der Waals surface area contributed by atoms with Crippen LogP contribution in [0.4, 0.5) is 0 Å². The van der Waals surface area contributed by atoms with Gasteiger partial charge in [-0.25, -0.2) is 4.79 Å². The van der Waals surface area contributed by atoms with Crippen molar-refractivity contribution in [2.24, 2.45) is 0 Å². The van der Waals surface area contributed by atoms with E-state index >= 15 is 0 Å². The lowest BCUT2D eigenvalue weighted by Gasteiger charge is -2.41. The second kappa shape index (κ2) is 5.65. The van der Waals surface area contributed by atoms with Crippen molar-refractivity contribution < 1.29 is 14.7 Å². The lowest BCUT2D eigenvalue weighted by atomic mass is 9.63. The molecule has 1 saturated carbocycles. The van der Waals surface area contributed by atoms with E-state index in [4.69, 9.17) is 5.11 Å². The first-order chi connectivity index (χ1) is 9.49. The van der Waals surface area contributed by atoms with E-state index in [-0.39, 0.29) is 5.91 Å². The van der Waals surface area contributed by atoms with Crippen molar-refractivity contribution in [2.45, 2.75) is 51.0 Å². The van der Waals surface area contributed by atoms with Crippen molar-refractivity contribution in [3.05, 3.63) is 35.4 Å². The zero-order chi connectivity index (χ0) is 14.8. The number of nitrogens with one attached hydrogen (secondary N) is 1. The third-order valence-corrected chi connectivity index (χ3v) is 4.22. The molecular formula is C16H21NO3. The summed E-state index contributed by atoms with van der Waals surface area (Å²) in [5.41, 5.74) is 1.59. The number of aryl methyl sites for hydroxylation is 1. The van der Waals surface area contributed by atoms with Gasteiger partial charge in [-0.15, -0.1) is 0 Å². The molecule has 1 aromatic rings. The number of benzene rings is 1. The summed E-state index contributed by atoms with van der Waals surface area (Å²) in [6, 6.07) is 7.14. The molecule has 0 aliphatic heterocycles. The Morgan fingerprint density at radius 3 is 2.55 bits per heavy atom. The SMILES string of the molecule is CC[C@H](NC(=O)C1(c2cccc(C)c2)CCC1)C(=O)O. The lowest BCUT2D eigenvalue weighted by molar-refractivity contribution is -0.143. The summed E-state index contributed by atoms with van der Waals surface area (Å²) in [4.78, 5) is 23.6. The number of hydrogen-bond acceptors (Lipinski definition) is 2. The minimum atomic E-state index is -0.973. The van der Waals surface area contributed by atoms with Gasteiger partial charge in [0.2, 0.25) is 5.91 Å². The third kappa shape index (κ3) is 2.55. The highest BCUT2D eigenvalue weighted by atomic mass is 16.4. The van der Waals surface area contributed by atoms with Gasteiger partial charge in [-0.05, 0) is 31.7 Å². The van der Waals surface area contributed by atoms with Crippen LogP contribution < -0.4 is 5.32 Å². The summed E-state index contributed by atoms with van der Waals surface area (Å²) in [7, 11) is 0. The van der Waals surface area contributed by atoms with Crippen molar-refractivity contribution in [2.75, 3.05) is 0 Å². The molecule has 0 aromatic heterocycles. The van der Waals surface area contributed by atoms with Gasteiger partial charge >= 0.3 is 5.97 Å². The van der Waals surface area contributed by atoms with E-state index in [9.17, 15) is 9.59 Å². The smallest absolute Gasteiger partial charge is 0.326 e. The van der Waals surface area contributed by atoms with Gasteiger partial charge < -0.3 is 10.4 Å². The zero-order valence-electron chi connectivity index (χ0n) is 12.0. The van der Waals surface area contributed by atoms with Crippen molar-refractivity contribution in [3.8, 4) is 0 Å². The molecule has 0 saturated heterocycles. The fourth-order valence-electron chi connectivity index (χ4n) is 2.75. The topological polar surface area (TPSA) is 66.4 Å². The number of carboxylic acid groups (broad SMARTS) is 1.